The molecule has 0 aliphatic carbocycles. The number of alkyl halides is 3. The SMILES string of the molecule is CCCN1CCC(O)(c2ccc(Cl)c(C(F)(F)F)c2)CC1. The van der Waals surface area contributed by atoms with Gasteiger partial charge in [0.2, 0.25) is 0 Å². The third-order valence-corrected chi connectivity index (χ3v) is 4.36. The van der Waals surface area contributed by atoms with Gasteiger partial charge < -0.3 is 10.0 Å². The van der Waals surface area contributed by atoms with Crippen LogP contribution < -0.4 is 0 Å². The molecule has 1 fully saturated rings. The largest absolute Gasteiger partial charge is 0.417 e. The van der Waals surface area contributed by atoms with E-state index < -0.39 is 17.3 Å². The van der Waals surface area contributed by atoms with Crippen LogP contribution in [0.15, 0.2) is 18.2 Å². The summed E-state index contributed by atoms with van der Waals surface area (Å²) in [5.41, 5.74) is -1.78. The van der Waals surface area contributed by atoms with E-state index in [0.29, 0.717) is 31.5 Å². The highest BCUT2D eigenvalue weighted by molar-refractivity contribution is 6.31. The summed E-state index contributed by atoms with van der Waals surface area (Å²) in [6.45, 7) is 4.41. The van der Waals surface area contributed by atoms with Crippen molar-refractivity contribution in [1.29, 1.82) is 0 Å². The Labute approximate surface area is 127 Å². The molecule has 6 heteroatoms. The number of benzene rings is 1. The number of piperidine rings is 1. The van der Waals surface area contributed by atoms with Crippen molar-refractivity contribution >= 4 is 11.6 Å². The number of nitrogens with zero attached hydrogens (tertiary/aromatic N) is 1. The maximum Gasteiger partial charge on any atom is 0.417 e. The van der Waals surface area contributed by atoms with Gasteiger partial charge in [0.1, 0.15) is 0 Å². The van der Waals surface area contributed by atoms with Gasteiger partial charge in [0.25, 0.3) is 0 Å². The van der Waals surface area contributed by atoms with Crippen molar-refractivity contribution < 1.29 is 18.3 Å². The van der Waals surface area contributed by atoms with Gasteiger partial charge in [0, 0.05) is 13.1 Å². The summed E-state index contributed by atoms with van der Waals surface area (Å²) < 4.78 is 38.7. The standard InChI is InChI=1S/C15H19ClF3NO/c1-2-7-20-8-5-14(21,6-9-20)11-3-4-13(16)12(10-11)15(17,18)19/h3-4,10,21H,2,5-9H2,1H3. The molecule has 0 aromatic heterocycles. The van der Waals surface area contributed by atoms with Gasteiger partial charge in [0.15, 0.2) is 0 Å². The summed E-state index contributed by atoms with van der Waals surface area (Å²) >= 11 is 5.62. The van der Waals surface area contributed by atoms with Crippen LogP contribution in [-0.4, -0.2) is 29.6 Å². The van der Waals surface area contributed by atoms with Crippen LogP contribution >= 0.6 is 11.6 Å². The fourth-order valence-corrected chi connectivity index (χ4v) is 3.01. The predicted octanol–water partition coefficient (Wildman–Crippen LogP) is 4.05. The Morgan fingerprint density at radius 1 is 1.29 bits per heavy atom. The fourth-order valence-electron chi connectivity index (χ4n) is 2.78. The normalized spacial score (nSPS) is 19.7. The summed E-state index contributed by atoms with van der Waals surface area (Å²) in [5, 5.41) is 10.3. The monoisotopic (exact) mass is 321 g/mol. The maximum atomic E-state index is 12.9. The molecule has 1 aromatic carbocycles. The van der Waals surface area contributed by atoms with Crippen LogP contribution in [0.2, 0.25) is 5.02 Å². The summed E-state index contributed by atoms with van der Waals surface area (Å²) in [6, 6.07) is 3.70. The van der Waals surface area contributed by atoms with Gasteiger partial charge in [-0.2, -0.15) is 13.2 Å². The molecule has 0 saturated carbocycles. The summed E-state index contributed by atoms with van der Waals surface area (Å²) in [7, 11) is 0. The molecule has 1 aromatic rings. The average Bonchev–Trinajstić information content (AvgIpc) is 2.41. The molecule has 0 bridgehead atoms. The maximum absolute atomic E-state index is 12.9. The highest BCUT2D eigenvalue weighted by Gasteiger charge is 2.38. The summed E-state index contributed by atoms with van der Waals surface area (Å²) in [4.78, 5) is 2.22. The van der Waals surface area contributed by atoms with Gasteiger partial charge in [-0.15, -0.1) is 0 Å². The minimum absolute atomic E-state index is 0.301. The number of likely N-dealkylation sites (tertiary alicyclic amines) is 1. The molecule has 0 atom stereocenters. The number of halogens is 4. The van der Waals surface area contributed by atoms with E-state index in [-0.39, 0.29) is 5.02 Å². The van der Waals surface area contributed by atoms with Crippen molar-refractivity contribution in [2.24, 2.45) is 0 Å². The molecule has 21 heavy (non-hydrogen) atoms. The first-order valence-corrected chi connectivity index (χ1v) is 7.46. The molecule has 0 amide bonds. The van der Waals surface area contributed by atoms with E-state index in [1.54, 1.807) is 0 Å². The number of rotatable bonds is 3. The Hall–Kier alpha value is -0.780. The lowest BCUT2D eigenvalue weighted by Crippen LogP contribution is -2.42. The van der Waals surface area contributed by atoms with Gasteiger partial charge in [-0.3, -0.25) is 0 Å². The van der Waals surface area contributed by atoms with Gasteiger partial charge in [-0.25, -0.2) is 0 Å². The lowest BCUT2D eigenvalue weighted by Gasteiger charge is -2.38. The molecule has 0 spiro atoms. The van der Waals surface area contributed by atoms with Gasteiger partial charge in [-0.1, -0.05) is 24.6 Å². The third-order valence-electron chi connectivity index (χ3n) is 4.03. The van der Waals surface area contributed by atoms with Crippen molar-refractivity contribution in [1.82, 2.24) is 4.90 Å². The average molecular weight is 322 g/mol. The van der Waals surface area contributed by atoms with Crippen LogP contribution in [0.4, 0.5) is 13.2 Å². The zero-order valence-electron chi connectivity index (χ0n) is 11.9. The highest BCUT2D eigenvalue weighted by Crippen LogP contribution is 2.39. The molecule has 1 N–H and O–H groups in total. The quantitative estimate of drug-likeness (QED) is 0.907. The molecule has 0 radical (unpaired) electrons. The zero-order chi connectivity index (χ0) is 15.7. The van der Waals surface area contributed by atoms with Crippen molar-refractivity contribution in [3.05, 3.63) is 34.3 Å². The molecule has 1 aliphatic rings. The second-order valence-electron chi connectivity index (χ2n) is 5.57. The molecule has 1 aliphatic heterocycles. The summed E-state index contributed by atoms with van der Waals surface area (Å²) in [6.07, 6.45) is -2.61. The van der Waals surface area contributed by atoms with Crippen molar-refractivity contribution in [2.45, 2.75) is 38.0 Å². The van der Waals surface area contributed by atoms with Crippen LogP contribution in [0.25, 0.3) is 0 Å². The first-order valence-electron chi connectivity index (χ1n) is 7.08. The fraction of sp³-hybridized carbons (Fsp3) is 0.600. The molecule has 2 nitrogen and oxygen atoms in total. The minimum atomic E-state index is -4.51. The molecular weight excluding hydrogens is 303 g/mol. The molecule has 1 saturated heterocycles. The van der Waals surface area contributed by atoms with Gasteiger partial charge in [0.05, 0.1) is 16.2 Å². The number of aliphatic hydroxyl groups is 1. The molecule has 0 unspecified atom stereocenters. The second kappa shape index (κ2) is 6.15. The van der Waals surface area contributed by atoms with E-state index in [4.69, 9.17) is 11.6 Å². The van der Waals surface area contributed by atoms with Crippen LogP contribution in [0, 0.1) is 0 Å². The van der Waals surface area contributed by atoms with Gasteiger partial charge >= 0.3 is 6.18 Å². The summed E-state index contributed by atoms with van der Waals surface area (Å²) in [5.74, 6) is 0. The lowest BCUT2D eigenvalue weighted by molar-refractivity contribution is -0.137. The molecular formula is C15H19ClF3NO. The van der Waals surface area contributed by atoms with Crippen LogP contribution in [0.1, 0.15) is 37.3 Å². The smallest absolute Gasteiger partial charge is 0.385 e. The van der Waals surface area contributed by atoms with E-state index in [1.807, 2.05) is 0 Å². The van der Waals surface area contributed by atoms with Crippen LogP contribution in [0.3, 0.4) is 0 Å². The lowest BCUT2D eigenvalue weighted by atomic mass is 9.83. The molecule has 118 valence electrons. The Bertz CT molecular complexity index is 496. The Kier molecular flexibility index (Phi) is 4.85. The van der Waals surface area contributed by atoms with E-state index in [9.17, 15) is 18.3 Å². The van der Waals surface area contributed by atoms with E-state index in [0.717, 1.165) is 19.0 Å². The van der Waals surface area contributed by atoms with Crippen molar-refractivity contribution in [2.75, 3.05) is 19.6 Å². The number of hydrogen-bond acceptors (Lipinski definition) is 2. The first kappa shape index (κ1) is 16.6. The van der Waals surface area contributed by atoms with E-state index in [1.165, 1.54) is 12.1 Å². The van der Waals surface area contributed by atoms with E-state index >= 15 is 0 Å². The molecule has 1 heterocycles. The minimum Gasteiger partial charge on any atom is -0.385 e. The third kappa shape index (κ3) is 3.71. The highest BCUT2D eigenvalue weighted by atomic mass is 35.5. The molecule has 2 rings (SSSR count). The first-order chi connectivity index (χ1) is 9.76. The van der Waals surface area contributed by atoms with Crippen molar-refractivity contribution in [3.8, 4) is 0 Å². The van der Waals surface area contributed by atoms with Crippen LogP contribution in [0.5, 0.6) is 0 Å². The second-order valence-corrected chi connectivity index (χ2v) is 5.97. The Morgan fingerprint density at radius 2 is 1.90 bits per heavy atom. The predicted molar refractivity (Wildman–Crippen MR) is 76.3 cm³/mol. The topological polar surface area (TPSA) is 23.5 Å². The van der Waals surface area contributed by atoms with E-state index in [2.05, 4.69) is 11.8 Å². The van der Waals surface area contributed by atoms with Gasteiger partial charge in [-0.05, 0) is 43.5 Å². The van der Waals surface area contributed by atoms with Crippen LogP contribution in [-0.2, 0) is 11.8 Å². The Balaban J connectivity index is 2.22. The Morgan fingerprint density at radius 3 is 2.43 bits per heavy atom. The number of hydrogen-bond donors (Lipinski definition) is 1. The van der Waals surface area contributed by atoms with Crippen molar-refractivity contribution in [3.63, 3.8) is 0 Å². The zero-order valence-corrected chi connectivity index (χ0v) is 12.6.